The molecule has 0 spiro atoms. The van der Waals surface area contributed by atoms with Crippen molar-refractivity contribution in [3.8, 4) is 0 Å². The average molecular weight is 275 g/mol. The Bertz CT molecular complexity index is 408. The van der Waals surface area contributed by atoms with Crippen molar-refractivity contribution >= 4 is 40.1 Å². The third kappa shape index (κ3) is 5.16. The quantitative estimate of drug-likeness (QED) is 0.707. The highest BCUT2D eigenvalue weighted by atomic mass is 32.2. The Morgan fingerprint density at radius 3 is 3.00 bits per heavy atom. The first-order valence-electron chi connectivity index (χ1n) is 4.77. The van der Waals surface area contributed by atoms with Crippen LogP contribution in [-0.4, -0.2) is 33.8 Å². The maximum Gasteiger partial charge on any atom is 0.321 e. The van der Waals surface area contributed by atoms with E-state index in [1.165, 1.54) is 30.0 Å². The number of nitrogens with two attached hydrogens (primary N) is 1. The molecule has 1 heterocycles. The number of aliphatic carboxylic acids is 1. The van der Waals surface area contributed by atoms with Crippen LogP contribution in [0.5, 0.6) is 0 Å². The molecule has 0 radical (unpaired) electrons. The van der Waals surface area contributed by atoms with E-state index >= 15 is 0 Å². The lowest BCUT2D eigenvalue weighted by Crippen LogP contribution is -2.32. The van der Waals surface area contributed by atoms with Crippen molar-refractivity contribution in [1.82, 2.24) is 4.98 Å². The van der Waals surface area contributed by atoms with Crippen LogP contribution in [0.2, 0.25) is 0 Å². The maximum absolute atomic E-state index is 10.8. The molecule has 0 aromatic carbocycles. The summed E-state index contributed by atoms with van der Waals surface area (Å²) in [6.45, 7) is 1.42. The van der Waals surface area contributed by atoms with E-state index in [0.717, 1.165) is 5.69 Å². The van der Waals surface area contributed by atoms with E-state index in [1.807, 2.05) is 5.38 Å². The number of carboxylic acids is 1. The van der Waals surface area contributed by atoms with Gasteiger partial charge in [0, 0.05) is 23.8 Å². The van der Waals surface area contributed by atoms with Gasteiger partial charge < -0.3 is 16.2 Å². The van der Waals surface area contributed by atoms with Crippen LogP contribution >= 0.6 is 23.1 Å². The lowest BCUT2D eigenvalue weighted by atomic mass is 10.4. The minimum absolute atomic E-state index is 0.161. The van der Waals surface area contributed by atoms with Gasteiger partial charge in [-0.05, 0) is 0 Å². The molecule has 8 heteroatoms. The minimum Gasteiger partial charge on any atom is -0.480 e. The van der Waals surface area contributed by atoms with Gasteiger partial charge in [0.2, 0.25) is 5.91 Å². The molecule has 1 aromatic rings. The standard InChI is InChI=1S/C9H13N3O3S2/c1-5(13)11-9-12-6(3-17-9)2-16-4-7(10)8(14)15/h3,7H,2,4,10H2,1H3,(H,14,15)(H,11,12,13)/t7-/m0/s1. The molecule has 0 aliphatic rings. The monoisotopic (exact) mass is 275 g/mol. The van der Waals surface area contributed by atoms with Gasteiger partial charge in [-0.2, -0.15) is 11.8 Å². The van der Waals surface area contributed by atoms with Crippen LogP contribution in [0.3, 0.4) is 0 Å². The number of hydrogen-bond acceptors (Lipinski definition) is 6. The third-order valence-electron chi connectivity index (χ3n) is 1.70. The first-order valence-corrected chi connectivity index (χ1v) is 6.80. The number of aromatic nitrogens is 1. The van der Waals surface area contributed by atoms with Crippen molar-refractivity contribution in [1.29, 1.82) is 0 Å². The zero-order valence-corrected chi connectivity index (χ0v) is 10.8. The van der Waals surface area contributed by atoms with E-state index in [0.29, 0.717) is 16.6 Å². The molecular formula is C9H13N3O3S2. The Morgan fingerprint density at radius 2 is 2.41 bits per heavy atom. The summed E-state index contributed by atoms with van der Waals surface area (Å²) in [5.41, 5.74) is 6.16. The molecule has 4 N–H and O–H groups in total. The zero-order chi connectivity index (χ0) is 12.8. The van der Waals surface area contributed by atoms with Gasteiger partial charge in [0.1, 0.15) is 6.04 Å². The number of nitrogens with zero attached hydrogens (tertiary/aromatic N) is 1. The maximum atomic E-state index is 10.8. The molecule has 1 aromatic heterocycles. The van der Waals surface area contributed by atoms with Crippen LogP contribution in [0.1, 0.15) is 12.6 Å². The van der Waals surface area contributed by atoms with E-state index in [2.05, 4.69) is 10.3 Å². The lowest BCUT2D eigenvalue weighted by molar-refractivity contribution is -0.137. The van der Waals surface area contributed by atoms with Crippen LogP contribution in [0.25, 0.3) is 0 Å². The normalized spacial score (nSPS) is 12.1. The van der Waals surface area contributed by atoms with Crippen LogP contribution in [0.4, 0.5) is 5.13 Å². The van der Waals surface area contributed by atoms with Crippen molar-refractivity contribution in [2.24, 2.45) is 5.73 Å². The zero-order valence-electron chi connectivity index (χ0n) is 9.17. The van der Waals surface area contributed by atoms with Crippen molar-refractivity contribution in [3.63, 3.8) is 0 Å². The van der Waals surface area contributed by atoms with Crippen molar-refractivity contribution in [2.75, 3.05) is 11.1 Å². The summed E-state index contributed by atoms with van der Waals surface area (Å²) in [6.07, 6.45) is 0. The number of thioether (sulfide) groups is 1. The topological polar surface area (TPSA) is 105 Å². The van der Waals surface area contributed by atoms with E-state index in [1.54, 1.807) is 0 Å². The second-order valence-electron chi connectivity index (χ2n) is 3.29. The van der Waals surface area contributed by atoms with Crippen molar-refractivity contribution in [3.05, 3.63) is 11.1 Å². The summed E-state index contributed by atoms with van der Waals surface area (Å²) >= 11 is 2.74. The van der Waals surface area contributed by atoms with E-state index < -0.39 is 12.0 Å². The van der Waals surface area contributed by atoms with Crippen molar-refractivity contribution < 1.29 is 14.7 Å². The Hall–Kier alpha value is -1.12. The molecule has 0 saturated heterocycles. The molecular weight excluding hydrogens is 262 g/mol. The summed E-state index contributed by atoms with van der Waals surface area (Å²) in [6, 6.07) is -0.853. The first kappa shape index (κ1) is 13.9. The molecule has 0 aliphatic carbocycles. The summed E-state index contributed by atoms with van der Waals surface area (Å²) in [5.74, 6) is -0.250. The van der Waals surface area contributed by atoms with Gasteiger partial charge in [-0.3, -0.25) is 9.59 Å². The molecule has 0 unspecified atom stereocenters. The first-order chi connectivity index (χ1) is 7.99. The summed E-state index contributed by atoms with van der Waals surface area (Å²) in [5, 5.41) is 13.5. The van der Waals surface area contributed by atoms with Crippen LogP contribution in [-0.2, 0) is 15.3 Å². The predicted molar refractivity (Wildman–Crippen MR) is 68.2 cm³/mol. The molecule has 6 nitrogen and oxygen atoms in total. The van der Waals surface area contributed by atoms with Gasteiger partial charge in [0.15, 0.2) is 5.13 Å². The van der Waals surface area contributed by atoms with Gasteiger partial charge >= 0.3 is 5.97 Å². The molecule has 1 atom stereocenters. The van der Waals surface area contributed by atoms with Gasteiger partial charge in [-0.25, -0.2) is 4.98 Å². The lowest BCUT2D eigenvalue weighted by Gasteiger charge is -2.04. The minimum atomic E-state index is -1.00. The molecule has 0 aliphatic heterocycles. The third-order valence-corrected chi connectivity index (χ3v) is 3.60. The molecule has 1 amide bonds. The van der Waals surface area contributed by atoms with Gasteiger partial charge in [-0.1, -0.05) is 0 Å². The van der Waals surface area contributed by atoms with Crippen LogP contribution in [0.15, 0.2) is 5.38 Å². The fraction of sp³-hybridized carbons (Fsp3) is 0.444. The number of carbonyl (C=O) groups is 2. The summed E-state index contributed by atoms with van der Waals surface area (Å²) < 4.78 is 0. The van der Waals surface area contributed by atoms with Crippen LogP contribution < -0.4 is 11.1 Å². The fourth-order valence-corrected chi connectivity index (χ4v) is 2.68. The second-order valence-corrected chi connectivity index (χ2v) is 5.17. The molecule has 0 saturated carbocycles. The fourth-order valence-electron chi connectivity index (χ4n) is 0.943. The van der Waals surface area contributed by atoms with Crippen LogP contribution in [0, 0.1) is 0 Å². The SMILES string of the molecule is CC(=O)Nc1nc(CSC[C@H](N)C(=O)O)cs1. The predicted octanol–water partition coefficient (Wildman–Crippen LogP) is 0.747. The highest BCUT2D eigenvalue weighted by Gasteiger charge is 2.11. The average Bonchev–Trinajstić information content (AvgIpc) is 2.64. The second kappa shape index (κ2) is 6.58. The van der Waals surface area contributed by atoms with Crippen molar-refractivity contribution in [2.45, 2.75) is 18.7 Å². The Balaban J connectivity index is 2.34. The number of amides is 1. The van der Waals surface area contributed by atoms with Gasteiger partial charge in [0.25, 0.3) is 0 Å². The Kier molecular flexibility index (Phi) is 5.39. The molecule has 94 valence electrons. The van der Waals surface area contributed by atoms with Gasteiger partial charge in [-0.15, -0.1) is 11.3 Å². The number of nitrogens with one attached hydrogen (secondary N) is 1. The van der Waals surface area contributed by atoms with E-state index in [4.69, 9.17) is 10.8 Å². The number of anilines is 1. The molecule has 0 fully saturated rings. The summed E-state index contributed by atoms with van der Waals surface area (Å²) in [4.78, 5) is 25.4. The molecule has 17 heavy (non-hydrogen) atoms. The highest BCUT2D eigenvalue weighted by molar-refractivity contribution is 7.98. The van der Waals surface area contributed by atoms with E-state index in [-0.39, 0.29) is 5.91 Å². The number of carboxylic acid groups (broad SMARTS) is 1. The number of rotatable bonds is 6. The summed E-state index contributed by atoms with van der Waals surface area (Å²) in [7, 11) is 0. The smallest absolute Gasteiger partial charge is 0.321 e. The number of hydrogen-bond donors (Lipinski definition) is 3. The molecule has 1 rings (SSSR count). The molecule has 0 bridgehead atoms. The Labute approximate surface area is 107 Å². The highest BCUT2D eigenvalue weighted by Crippen LogP contribution is 2.19. The van der Waals surface area contributed by atoms with E-state index in [9.17, 15) is 9.59 Å². The van der Waals surface area contributed by atoms with Gasteiger partial charge in [0.05, 0.1) is 5.69 Å². The number of thiazole rings is 1. The largest absolute Gasteiger partial charge is 0.480 e. The number of carbonyl (C=O) groups excluding carboxylic acids is 1. The Morgan fingerprint density at radius 1 is 1.71 bits per heavy atom.